The van der Waals surface area contributed by atoms with Crippen LogP contribution in [0.1, 0.15) is 5.56 Å². The Morgan fingerprint density at radius 2 is 2.29 bits per heavy atom. The Balaban J connectivity index is 2.55. The van der Waals surface area contributed by atoms with Crippen molar-refractivity contribution in [3.05, 3.63) is 35.6 Å². The molecule has 3 nitrogen and oxygen atoms in total. The number of carbonyl (C=O) groups excluding carboxylic acids is 1. The topological polar surface area (TPSA) is 44.6 Å². The second-order valence-electron chi connectivity index (χ2n) is 3.31. The molecule has 1 aromatic rings. The number of carboxylic acid groups (broad SMARTS) is 1. The van der Waals surface area contributed by atoms with Gasteiger partial charge in [0.15, 0.2) is 0 Å². The molecule has 0 fully saturated rings. The maximum absolute atomic E-state index is 12.7. The van der Waals surface area contributed by atoms with Crippen LogP contribution in [0.2, 0.25) is 0 Å². The van der Waals surface area contributed by atoms with Gasteiger partial charge in [-0.25, -0.2) is 4.39 Å². The molecule has 0 aromatic heterocycles. The molecule has 14 heavy (non-hydrogen) atoms. The first-order chi connectivity index (χ1) is 6.58. The standard InChI is InChI=1S/C10H12FNO2/c1-12(7-10(13)14)6-8-3-2-4-9(11)5-8/h2-5H,6-7H2,1H3,(H,13,14). The zero-order chi connectivity index (χ0) is 10.6. The van der Waals surface area contributed by atoms with Crippen molar-refractivity contribution in [1.29, 1.82) is 0 Å². The summed E-state index contributed by atoms with van der Waals surface area (Å²) in [5, 5.41) is 10.3. The van der Waals surface area contributed by atoms with Gasteiger partial charge in [-0.1, -0.05) is 12.1 Å². The summed E-state index contributed by atoms with van der Waals surface area (Å²) >= 11 is 0. The molecule has 76 valence electrons. The van der Waals surface area contributed by atoms with Gasteiger partial charge in [0.05, 0.1) is 13.0 Å². The van der Waals surface area contributed by atoms with Gasteiger partial charge >= 0.3 is 0 Å². The smallest absolute Gasteiger partial charge is 0.123 e. The third kappa shape index (κ3) is 3.53. The van der Waals surface area contributed by atoms with Crippen molar-refractivity contribution < 1.29 is 19.2 Å². The molecule has 4 heteroatoms. The molecule has 0 saturated carbocycles. The fourth-order valence-corrected chi connectivity index (χ4v) is 1.30. The molecule has 0 spiro atoms. The largest absolute Gasteiger partial charge is 0.544 e. The van der Waals surface area contributed by atoms with Crippen molar-refractivity contribution in [3.63, 3.8) is 0 Å². The van der Waals surface area contributed by atoms with Crippen molar-refractivity contribution in [2.75, 3.05) is 13.6 Å². The summed E-state index contributed by atoms with van der Waals surface area (Å²) in [5.74, 6) is -1.40. The molecule has 0 aliphatic carbocycles. The van der Waals surface area contributed by atoms with Crippen molar-refractivity contribution in [2.45, 2.75) is 6.54 Å². The van der Waals surface area contributed by atoms with Crippen molar-refractivity contribution in [1.82, 2.24) is 0 Å². The molecule has 0 bridgehead atoms. The lowest BCUT2D eigenvalue weighted by atomic mass is 10.2. The molecule has 0 saturated heterocycles. The van der Waals surface area contributed by atoms with E-state index in [1.807, 2.05) is 0 Å². The van der Waals surface area contributed by atoms with E-state index in [0.29, 0.717) is 6.54 Å². The van der Waals surface area contributed by atoms with Crippen LogP contribution in [0.3, 0.4) is 0 Å². The molecule has 0 aliphatic rings. The number of hydrogen-bond donors (Lipinski definition) is 1. The number of carboxylic acids is 1. The summed E-state index contributed by atoms with van der Waals surface area (Å²) in [6, 6.07) is 6.13. The van der Waals surface area contributed by atoms with Gasteiger partial charge in [-0.05, 0) is 12.1 Å². The van der Waals surface area contributed by atoms with Crippen LogP contribution in [-0.2, 0) is 11.3 Å². The lowest BCUT2D eigenvalue weighted by Crippen LogP contribution is -3.09. The number of quaternary nitrogens is 1. The minimum absolute atomic E-state index is 0.0729. The summed E-state index contributed by atoms with van der Waals surface area (Å²) in [6.07, 6.45) is 0. The molecule has 1 N–H and O–H groups in total. The Morgan fingerprint density at radius 3 is 2.86 bits per heavy atom. The van der Waals surface area contributed by atoms with Gasteiger partial charge in [0, 0.05) is 5.56 Å². The first-order valence-corrected chi connectivity index (χ1v) is 4.33. The van der Waals surface area contributed by atoms with Crippen molar-refractivity contribution >= 4 is 5.97 Å². The fraction of sp³-hybridized carbons (Fsp3) is 0.300. The number of rotatable bonds is 4. The predicted octanol–water partition coefficient (Wildman–Crippen LogP) is -1.41. The second kappa shape index (κ2) is 4.72. The summed E-state index contributed by atoms with van der Waals surface area (Å²) < 4.78 is 12.7. The van der Waals surface area contributed by atoms with Gasteiger partial charge in [-0.2, -0.15) is 0 Å². The maximum atomic E-state index is 12.7. The monoisotopic (exact) mass is 197 g/mol. The summed E-state index contributed by atoms with van der Waals surface area (Å²) in [4.78, 5) is 11.0. The Morgan fingerprint density at radius 1 is 1.57 bits per heavy atom. The van der Waals surface area contributed by atoms with Crippen LogP contribution in [0, 0.1) is 5.82 Å². The van der Waals surface area contributed by atoms with E-state index in [0.717, 1.165) is 10.5 Å². The molecular formula is C10H12FNO2. The quantitative estimate of drug-likeness (QED) is 0.644. The predicted molar refractivity (Wildman–Crippen MR) is 46.9 cm³/mol. The van der Waals surface area contributed by atoms with Crippen molar-refractivity contribution in [2.24, 2.45) is 0 Å². The first kappa shape index (κ1) is 10.7. The zero-order valence-electron chi connectivity index (χ0n) is 7.92. The highest BCUT2D eigenvalue weighted by Crippen LogP contribution is 2.01. The SMILES string of the molecule is C[NH+](CC(=O)[O-])Cc1cccc(F)c1. The molecule has 0 amide bonds. The number of hydrogen-bond acceptors (Lipinski definition) is 2. The highest BCUT2D eigenvalue weighted by molar-refractivity contribution is 5.65. The molecule has 0 aliphatic heterocycles. The summed E-state index contributed by atoms with van der Waals surface area (Å²) in [7, 11) is 1.72. The van der Waals surface area contributed by atoms with E-state index in [-0.39, 0.29) is 12.4 Å². The first-order valence-electron chi connectivity index (χ1n) is 4.33. The number of aliphatic carboxylic acids is 1. The van der Waals surface area contributed by atoms with E-state index in [9.17, 15) is 14.3 Å². The molecule has 1 atom stereocenters. The maximum Gasteiger partial charge on any atom is 0.123 e. The van der Waals surface area contributed by atoms with Crippen LogP contribution >= 0.6 is 0 Å². The van der Waals surface area contributed by atoms with Crippen LogP contribution in [0.15, 0.2) is 24.3 Å². The normalized spacial score (nSPS) is 12.4. The lowest BCUT2D eigenvalue weighted by Gasteiger charge is -2.14. The van der Waals surface area contributed by atoms with E-state index in [1.54, 1.807) is 19.2 Å². The third-order valence-electron chi connectivity index (χ3n) is 1.84. The lowest BCUT2D eigenvalue weighted by molar-refractivity contribution is -0.887. The van der Waals surface area contributed by atoms with E-state index < -0.39 is 5.97 Å². The summed E-state index contributed by atoms with van der Waals surface area (Å²) in [6.45, 7) is 0.405. The van der Waals surface area contributed by atoms with Gasteiger partial charge in [0.2, 0.25) is 0 Å². The highest BCUT2D eigenvalue weighted by atomic mass is 19.1. The summed E-state index contributed by atoms with van der Waals surface area (Å²) in [5.41, 5.74) is 0.781. The van der Waals surface area contributed by atoms with E-state index >= 15 is 0 Å². The van der Waals surface area contributed by atoms with Gasteiger partial charge in [0.25, 0.3) is 0 Å². The van der Waals surface area contributed by atoms with Crippen LogP contribution in [0.25, 0.3) is 0 Å². The Kier molecular flexibility index (Phi) is 3.59. The molecule has 0 radical (unpaired) electrons. The van der Waals surface area contributed by atoms with Gasteiger partial charge in [-0.15, -0.1) is 0 Å². The highest BCUT2D eigenvalue weighted by Gasteiger charge is 2.04. The third-order valence-corrected chi connectivity index (χ3v) is 1.84. The van der Waals surface area contributed by atoms with Gasteiger partial charge < -0.3 is 14.8 Å². The van der Waals surface area contributed by atoms with Crippen LogP contribution in [-0.4, -0.2) is 19.6 Å². The molecule has 1 unspecified atom stereocenters. The molecule has 1 aromatic carbocycles. The van der Waals surface area contributed by atoms with Crippen LogP contribution in [0.4, 0.5) is 4.39 Å². The van der Waals surface area contributed by atoms with E-state index in [4.69, 9.17) is 0 Å². The average Bonchev–Trinajstić information content (AvgIpc) is 2.01. The second-order valence-corrected chi connectivity index (χ2v) is 3.31. The van der Waals surface area contributed by atoms with Crippen LogP contribution in [0.5, 0.6) is 0 Å². The minimum atomic E-state index is -1.10. The molecule has 0 heterocycles. The average molecular weight is 197 g/mol. The fourth-order valence-electron chi connectivity index (χ4n) is 1.30. The zero-order valence-corrected chi connectivity index (χ0v) is 7.92. The number of halogens is 1. The number of benzene rings is 1. The van der Waals surface area contributed by atoms with Crippen LogP contribution < -0.4 is 10.0 Å². The van der Waals surface area contributed by atoms with E-state index in [2.05, 4.69) is 0 Å². The molecule has 1 rings (SSSR count). The van der Waals surface area contributed by atoms with Gasteiger partial charge in [-0.3, -0.25) is 0 Å². The van der Waals surface area contributed by atoms with E-state index in [1.165, 1.54) is 12.1 Å². The number of likely N-dealkylation sites (N-methyl/N-ethyl adjacent to an activating group) is 1. The number of carbonyl (C=O) groups is 1. The Bertz CT molecular complexity index is 328. The minimum Gasteiger partial charge on any atom is -0.544 e. The Labute approximate surface area is 81.8 Å². The van der Waals surface area contributed by atoms with Gasteiger partial charge in [0.1, 0.15) is 18.9 Å². The Hall–Kier alpha value is -1.42. The molecular weight excluding hydrogens is 185 g/mol. The van der Waals surface area contributed by atoms with Crippen molar-refractivity contribution in [3.8, 4) is 0 Å². The number of nitrogens with one attached hydrogen (secondary N) is 1.